The highest BCUT2D eigenvalue weighted by Gasteiger charge is 2.29. The van der Waals surface area contributed by atoms with E-state index in [4.69, 9.17) is 28.4 Å². The van der Waals surface area contributed by atoms with Crippen LogP contribution < -0.4 is 0 Å². The van der Waals surface area contributed by atoms with Crippen molar-refractivity contribution in [2.45, 2.75) is 18.6 Å². The third-order valence-corrected chi connectivity index (χ3v) is 4.03. The fourth-order valence-corrected chi connectivity index (χ4v) is 2.29. The minimum absolute atomic E-state index is 0.0123. The summed E-state index contributed by atoms with van der Waals surface area (Å²) >= 11 is 0. The molecule has 2 fully saturated rings. The molecule has 2 heterocycles. The quantitative estimate of drug-likeness (QED) is 0.235. The van der Waals surface area contributed by atoms with Crippen molar-refractivity contribution in [1.29, 1.82) is 0 Å². The summed E-state index contributed by atoms with van der Waals surface area (Å²) < 4.78 is 30.3. The lowest BCUT2D eigenvalue weighted by Gasteiger charge is -2.11. The average Bonchev–Trinajstić information content (AvgIpc) is 3.61. The first-order chi connectivity index (χ1) is 13.6. The summed E-state index contributed by atoms with van der Waals surface area (Å²) in [6.45, 7) is 1.89. The molecule has 0 N–H and O–H groups in total. The Bertz CT molecular complexity index is 722. The normalized spacial score (nSPS) is 19.6. The van der Waals surface area contributed by atoms with E-state index in [0.29, 0.717) is 26.2 Å². The van der Waals surface area contributed by atoms with Crippen molar-refractivity contribution in [3.8, 4) is 0 Å². The molecule has 0 spiro atoms. The van der Waals surface area contributed by atoms with Crippen molar-refractivity contribution in [2.24, 2.45) is 0 Å². The first-order valence-electron chi connectivity index (χ1n) is 8.96. The van der Waals surface area contributed by atoms with Crippen molar-refractivity contribution in [2.75, 3.05) is 46.8 Å². The van der Waals surface area contributed by atoms with Crippen molar-refractivity contribution in [3.63, 3.8) is 0 Å². The molecule has 0 aliphatic carbocycles. The highest BCUT2D eigenvalue weighted by atomic mass is 16.6. The number of esters is 3. The number of benzene rings is 1. The van der Waals surface area contributed by atoms with Crippen LogP contribution in [-0.2, 0) is 28.4 Å². The number of carbonyl (C=O) groups excluding carboxylic acids is 3. The summed E-state index contributed by atoms with van der Waals surface area (Å²) in [6.07, 6.45) is 0.319. The molecule has 3 rings (SSSR count). The third-order valence-electron chi connectivity index (χ3n) is 4.03. The number of carbonyl (C=O) groups is 3. The summed E-state index contributed by atoms with van der Waals surface area (Å²) in [5, 5.41) is 0. The van der Waals surface area contributed by atoms with Gasteiger partial charge in [0, 0.05) is 20.1 Å². The lowest BCUT2D eigenvalue weighted by molar-refractivity contribution is 0.0427. The number of epoxide rings is 2. The highest BCUT2D eigenvalue weighted by molar-refractivity contribution is 6.05. The van der Waals surface area contributed by atoms with Gasteiger partial charge in [0.15, 0.2) is 0 Å². The Morgan fingerprint density at radius 2 is 1.50 bits per heavy atom. The molecule has 9 nitrogen and oxygen atoms in total. The Morgan fingerprint density at radius 3 is 2.07 bits per heavy atom. The number of ether oxygens (including phenoxy) is 6. The van der Waals surface area contributed by atoms with Gasteiger partial charge >= 0.3 is 17.9 Å². The van der Waals surface area contributed by atoms with E-state index in [0.717, 1.165) is 0 Å². The lowest BCUT2D eigenvalue weighted by Crippen LogP contribution is -2.18. The standard InChI is InChI=1S/C19H22O9/c1-23-5-2-6-24-17(20)12-3-4-15(18(21)27-10-13-8-25-13)16(7-12)19(22)28-11-14-9-26-14/h3-4,7,13-14H,2,5-6,8-11H2,1H3. The minimum Gasteiger partial charge on any atom is -0.462 e. The SMILES string of the molecule is COCCCOC(=O)c1ccc(C(=O)OCC2CO2)c(C(=O)OCC2CO2)c1. The first kappa shape index (κ1) is 20.2. The molecule has 9 heteroatoms. The smallest absolute Gasteiger partial charge is 0.339 e. The molecule has 0 radical (unpaired) electrons. The van der Waals surface area contributed by atoms with Crippen molar-refractivity contribution < 1.29 is 42.8 Å². The van der Waals surface area contributed by atoms with Gasteiger partial charge in [-0.2, -0.15) is 0 Å². The van der Waals surface area contributed by atoms with E-state index in [9.17, 15) is 14.4 Å². The molecule has 0 saturated carbocycles. The molecule has 2 aliphatic heterocycles. The molecule has 1 aromatic rings. The van der Waals surface area contributed by atoms with Crippen LogP contribution in [0.5, 0.6) is 0 Å². The van der Waals surface area contributed by atoms with Crippen LogP contribution in [0.1, 0.15) is 37.5 Å². The van der Waals surface area contributed by atoms with Crippen LogP contribution >= 0.6 is 0 Å². The van der Waals surface area contributed by atoms with E-state index in [2.05, 4.69) is 0 Å². The van der Waals surface area contributed by atoms with E-state index < -0.39 is 17.9 Å². The zero-order valence-corrected chi connectivity index (χ0v) is 15.5. The van der Waals surface area contributed by atoms with E-state index >= 15 is 0 Å². The van der Waals surface area contributed by atoms with Gasteiger partial charge in [-0.15, -0.1) is 0 Å². The average molecular weight is 394 g/mol. The van der Waals surface area contributed by atoms with Crippen LogP contribution in [0, 0.1) is 0 Å². The Hall–Kier alpha value is -2.49. The fraction of sp³-hybridized carbons (Fsp3) is 0.526. The largest absolute Gasteiger partial charge is 0.462 e. The van der Waals surface area contributed by atoms with Gasteiger partial charge in [0.05, 0.1) is 36.5 Å². The number of hydrogen-bond acceptors (Lipinski definition) is 9. The molecule has 0 bridgehead atoms. The highest BCUT2D eigenvalue weighted by Crippen LogP contribution is 2.19. The molecule has 2 aliphatic rings. The summed E-state index contributed by atoms with van der Waals surface area (Å²) in [5.74, 6) is -2.04. The predicted octanol–water partition coefficient (Wildman–Crippen LogP) is 0.991. The van der Waals surface area contributed by atoms with Crippen molar-refractivity contribution >= 4 is 17.9 Å². The second kappa shape index (κ2) is 9.63. The molecule has 1 aromatic carbocycles. The zero-order valence-electron chi connectivity index (χ0n) is 15.5. The van der Waals surface area contributed by atoms with Crippen LogP contribution in [-0.4, -0.2) is 76.9 Å². The van der Waals surface area contributed by atoms with Crippen LogP contribution in [0.3, 0.4) is 0 Å². The van der Waals surface area contributed by atoms with Crippen LogP contribution in [0.4, 0.5) is 0 Å². The van der Waals surface area contributed by atoms with E-state index in [1.54, 1.807) is 7.11 Å². The van der Waals surface area contributed by atoms with Gasteiger partial charge in [-0.3, -0.25) is 0 Å². The fourth-order valence-electron chi connectivity index (χ4n) is 2.29. The van der Waals surface area contributed by atoms with E-state index in [1.807, 2.05) is 0 Å². The minimum atomic E-state index is -0.737. The first-order valence-corrected chi connectivity index (χ1v) is 8.96. The second-order valence-electron chi connectivity index (χ2n) is 6.35. The van der Waals surface area contributed by atoms with Crippen molar-refractivity contribution in [3.05, 3.63) is 34.9 Å². The van der Waals surface area contributed by atoms with Crippen LogP contribution in [0.2, 0.25) is 0 Å². The van der Waals surface area contributed by atoms with Gasteiger partial charge in [-0.05, 0) is 18.2 Å². The molecule has 0 aromatic heterocycles. The summed E-state index contributed by atoms with van der Waals surface area (Å²) in [6, 6.07) is 4.04. The Morgan fingerprint density at radius 1 is 0.893 bits per heavy atom. The molecule has 2 saturated heterocycles. The Kier molecular flexibility index (Phi) is 6.96. The van der Waals surface area contributed by atoms with Gasteiger partial charge in [-0.25, -0.2) is 14.4 Å². The van der Waals surface area contributed by atoms with Gasteiger partial charge < -0.3 is 28.4 Å². The molecule has 2 atom stereocenters. The Labute approximate surface area is 161 Å². The maximum Gasteiger partial charge on any atom is 0.339 e. The number of rotatable bonds is 11. The van der Waals surface area contributed by atoms with Crippen LogP contribution in [0.25, 0.3) is 0 Å². The maximum absolute atomic E-state index is 12.4. The van der Waals surface area contributed by atoms with Gasteiger partial charge in [-0.1, -0.05) is 0 Å². The lowest BCUT2D eigenvalue weighted by atomic mass is 10.0. The van der Waals surface area contributed by atoms with Crippen molar-refractivity contribution in [1.82, 2.24) is 0 Å². The van der Waals surface area contributed by atoms with Gasteiger partial charge in [0.1, 0.15) is 25.4 Å². The van der Waals surface area contributed by atoms with E-state index in [1.165, 1.54) is 18.2 Å². The number of hydrogen-bond donors (Lipinski definition) is 0. The number of methoxy groups -OCH3 is 1. The third kappa shape index (κ3) is 6.01. The summed E-state index contributed by atoms with van der Waals surface area (Å²) in [4.78, 5) is 37.0. The Balaban J connectivity index is 1.70. The van der Waals surface area contributed by atoms with E-state index in [-0.39, 0.29) is 48.7 Å². The summed E-state index contributed by atoms with van der Waals surface area (Å²) in [5.41, 5.74) is 0.0844. The monoisotopic (exact) mass is 394 g/mol. The maximum atomic E-state index is 12.4. The molecule has 28 heavy (non-hydrogen) atoms. The molecule has 152 valence electrons. The second-order valence-corrected chi connectivity index (χ2v) is 6.35. The predicted molar refractivity (Wildman–Crippen MR) is 93.3 cm³/mol. The van der Waals surface area contributed by atoms with Gasteiger partial charge in [0.25, 0.3) is 0 Å². The topological polar surface area (TPSA) is 113 Å². The zero-order chi connectivity index (χ0) is 19.9. The molecular weight excluding hydrogens is 372 g/mol. The van der Waals surface area contributed by atoms with Gasteiger partial charge in [0.2, 0.25) is 0 Å². The molecule has 0 amide bonds. The summed E-state index contributed by atoms with van der Waals surface area (Å²) in [7, 11) is 1.56. The van der Waals surface area contributed by atoms with Crippen LogP contribution in [0.15, 0.2) is 18.2 Å². The molecule has 2 unspecified atom stereocenters. The molecular formula is C19H22O9.